The van der Waals surface area contributed by atoms with Crippen molar-refractivity contribution < 1.29 is 17.9 Å². The van der Waals surface area contributed by atoms with Crippen LogP contribution in [0.4, 0.5) is 19.0 Å². The highest BCUT2D eigenvalue weighted by molar-refractivity contribution is 5.75. The van der Waals surface area contributed by atoms with Crippen LogP contribution in [0.2, 0.25) is 0 Å². The summed E-state index contributed by atoms with van der Waals surface area (Å²) >= 11 is 0. The number of piperidine rings is 1. The van der Waals surface area contributed by atoms with Gasteiger partial charge in [0.2, 0.25) is 0 Å². The lowest BCUT2D eigenvalue weighted by atomic mass is 9.99. The molecule has 2 aliphatic rings. The van der Waals surface area contributed by atoms with Crippen molar-refractivity contribution in [2.75, 3.05) is 31.1 Å². The lowest BCUT2D eigenvalue weighted by Gasteiger charge is -2.41. The molecule has 2 fully saturated rings. The van der Waals surface area contributed by atoms with Crippen LogP contribution in [-0.4, -0.2) is 48.1 Å². The van der Waals surface area contributed by atoms with Gasteiger partial charge in [0.15, 0.2) is 23.5 Å². The molecule has 2 aromatic rings. The van der Waals surface area contributed by atoms with Crippen LogP contribution in [0.25, 0.3) is 11.0 Å². The number of anilines is 1. The summed E-state index contributed by atoms with van der Waals surface area (Å²) in [5, 5.41) is 3.09. The average Bonchev–Trinajstić information content (AvgIpc) is 3.01. The van der Waals surface area contributed by atoms with Gasteiger partial charge in [0.05, 0.1) is 30.4 Å². The van der Waals surface area contributed by atoms with Gasteiger partial charge in [-0.15, -0.1) is 0 Å². The van der Waals surface area contributed by atoms with Gasteiger partial charge < -0.3 is 9.64 Å². The minimum absolute atomic E-state index is 0.108. The highest BCUT2D eigenvalue weighted by atomic mass is 19.2. The second-order valence-corrected chi connectivity index (χ2v) is 5.81. The molecule has 2 saturated heterocycles. The summed E-state index contributed by atoms with van der Waals surface area (Å²) in [6.45, 7) is 1.79. The number of fused-ring (bicyclic) bond motifs is 1. The molecule has 2 atom stereocenters. The Kier molecular flexibility index (Phi) is 3.38. The number of hydrogen-bond acceptors (Lipinski definition) is 5. The molecule has 0 bridgehead atoms. The lowest BCUT2D eigenvalue weighted by molar-refractivity contribution is -0.0816. The van der Waals surface area contributed by atoms with Crippen LogP contribution in [0.15, 0.2) is 18.3 Å². The molecule has 1 N–H and O–H groups in total. The van der Waals surface area contributed by atoms with Gasteiger partial charge >= 0.3 is 0 Å². The first-order valence-electron chi connectivity index (χ1n) is 7.47. The number of aromatic nitrogens is 2. The van der Waals surface area contributed by atoms with Crippen molar-refractivity contribution in [3.05, 3.63) is 30.0 Å². The summed E-state index contributed by atoms with van der Waals surface area (Å²) in [7, 11) is 0. The molecule has 2 aliphatic heterocycles. The predicted octanol–water partition coefficient (Wildman–Crippen LogP) is 1.77. The molecule has 5 nitrogen and oxygen atoms in total. The fourth-order valence-corrected chi connectivity index (χ4v) is 3.16. The zero-order chi connectivity index (χ0) is 16.0. The number of nitrogens with one attached hydrogen (secondary N) is 1. The molecule has 1 aromatic carbocycles. The molecule has 8 heteroatoms. The Hall–Kier alpha value is -1.93. The molecule has 1 spiro atoms. The first-order chi connectivity index (χ1) is 11.1. The Morgan fingerprint density at radius 2 is 2.04 bits per heavy atom. The van der Waals surface area contributed by atoms with Gasteiger partial charge in [0, 0.05) is 31.6 Å². The summed E-state index contributed by atoms with van der Waals surface area (Å²) < 4.78 is 46.6. The van der Waals surface area contributed by atoms with Gasteiger partial charge in [0.25, 0.3) is 0 Å². The first kappa shape index (κ1) is 14.6. The van der Waals surface area contributed by atoms with Crippen LogP contribution >= 0.6 is 0 Å². The smallest absolute Gasteiger partial charge is 0.161 e. The summed E-state index contributed by atoms with van der Waals surface area (Å²) in [6.07, 6.45) is 0.722. The molecule has 0 amide bonds. The van der Waals surface area contributed by atoms with E-state index >= 15 is 0 Å². The average molecular weight is 324 g/mol. The second-order valence-electron chi connectivity index (χ2n) is 5.81. The van der Waals surface area contributed by atoms with Crippen LogP contribution in [-0.2, 0) is 4.74 Å². The highest BCUT2D eigenvalue weighted by Crippen LogP contribution is 2.31. The first-order valence-corrected chi connectivity index (χ1v) is 7.47. The molecule has 2 unspecified atom stereocenters. The minimum atomic E-state index is -1.21. The Morgan fingerprint density at radius 1 is 1.26 bits per heavy atom. The maximum atomic E-state index is 14.5. The number of halogens is 3. The largest absolute Gasteiger partial charge is 0.356 e. The maximum absolute atomic E-state index is 14.5. The molecule has 1 aromatic heterocycles. The van der Waals surface area contributed by atoms with E-state index in [0.717, 1.165) is 12.1 Å². The summed E-state index contributed by atoms with van der Waals surface area (Å²) in [4.78, 5) is 10.1. The predicted molar refractivity (Wildman–Crippen MR) is 77.9 cm³/mol. The van der Waals surface area contributed by atoms with E-state index in [1.807, 2.05) is 0 Å². The molecule has 23 heavy (non-hydrogen) atoms. The van der Waals surface area contributed by atoms with E-state index in [1.54, 1.807) is 4.90 Å². The normalized spacial score (nSPS) is 28.0. The fourth-order valence-electron chi connectivity index (χ4n) is 3.16. The van der Waals surface area contributed by atoms with Crippen LogP contribution in [0.5, 0.6) is 0 Å². The number of benzene rings is 1. The van der Waals surface area contributed by atoms with Crippen LogP contribution in [0, 0.1) is 11.6 Å². The fraction of sp³-hybridized carbons (Fsp3) is 0.467. The van der Waals surface area contributed by atoms with Crippen molar-refractivity contribution in [3.8, 4) is 0 Å². The van der Waals surface area contributed by atoms with E-state index < -0.39 is 23.5 Å². The second kappa shape index (κ2) is 5.31. The Balaban J connectivity index is 1.61. The van der Waals surface area contributed by atoms with Gasteiger partial charge in [-0.05, 0) is 0 Å². The number of hydrogen-bond donors (Lipinski definition) is 1. The van der Waals surface area contributed by atoms with E-state index in [1.165, 1.54) is 6.20 Å². The van der Waals surface area contributed by atoms with E-state index in [2.05, 4.69) is 15.3 Å². The standard InChI is InChI=1S/C15H15F3N4O/c16-9-5-11-12(6-10(9)17)21-14(7-19-11)22-3-1-15(13(18)8-22)20-2-4-23-15/h5-7,13,20H,1-4,8H2. The molecule has 0 radical (unpaired) electrons. The lowest BCUT2D eigenvalue weighted by Crippen LogP contribution is -2.59. The topological polar surface area (TPSA) is 50.3 Å². The molecule has 0 saturated carbocycles. The van der Waals surface area contributed by atoms with Crippen LogP contribution in [0.1, 0.15) is 6.42 Å². The van der Waals surface area contributed by atoms with Gasteiger partial charge in [-0.2, -0.15) is 0 Å². The molecule has 122 valence electrons. The molecule has 3 heterocycles. The minimum Gasteiger partial charge on any atom is -0.356 e. The molecular weight excluding hydrogens is 309 g/mol. The van der Waals surface area contributed by atoms with Gasteiger partial charge in [0.1, 0.15) is 5.82 Å². The maximum Gasteiger partial charge on any atom is 0.161 e. The number of rotatable bonds is 1. The van der Waals surface area contributed by atoms with Crippen molar-refractivity contribution in [1.82, 2.24) is 15.3 Å². The van der Waals surface area contributed by atoms with Crippen molar-refractivity contribution in [2.24, 2.45) is 0 Å². The van der Waals surface area contributed by atoms with Crippen molar-refractivity contribution in [3.63, 3.8) is 0 Å². The SMILES string of the molecule is Fc1cc2ncc(N3CCC4(NCCO4)C(F)C3)nc2cc1F. The third-order valence-electron chi connectivity index (χ3n) is 4.42. The van der Waals surface area contributed by atoms with E-state index in [0.29, 0.717) is 31.9 Å². The van der Waals surface area contributed by atoms with Gasteiger partial charge in [-0.1, -0.05) is 0 Å². The van der Waals surface area contributed by atoms with Gasteiger partial charge in [-0.25, -0.2) is 18.2 Å². The molecule has 0 aliphatic carbocycles. The number of alkyl halides is 1. The van der Waals surface area contributed by atoms with Crippen molar-refractivity contribution >= 4 is 16.9 Å². The molecule has 4 rings (SSSR count). The van der Waals surface area contributed by atoms with E-state index in [-0.39, 0.29) is 17.6 Å². The zero-order valence-electron chi connectivity index (χ0n) is 12.2. The zero-order valence-corrected chi connectivity index (χ0v) is 12.2. The third kappa shape index (κ3) is 2.42. The Labute approximate surface area is 130 Å². The van der Waals surface area contributed by atoms with Crippen molar-refractivity contribution in [2.45, 2.75) is 18.3 Å². The van der Waals surface area contributed by atoms with E-state index in [4.69, 9.17) is 4.74 Å². The van der Waals surface area contributed by atoms with E-state index in [9.17, 15) is 13.2 Å². The number of ether oxygens (including phenoxy) is 1. The Bertz CT molecular complexity index is 751. The van der Waals surface area contributed by atoms with Crippen LogP contribution in [0.3, 0.4) is 0 Å². The Morgan fingerprint density at radius 3 is 2.74 bits per heavy atom. The summed E-state index contributed by atoms with van der Waals surface area (Å²) in [6, 6.07) is 2.00. The van der Waals surface area contributed by atoms with Crippen LogP contribution < -0.4 is 10.2 Å². The van der Waals surface area contributed by atoms with Crippen molar-refractivity contribution in [1.29, 1.82) is 0 Å². The number of nitrogens with zero attached hydrogens (tertiary/aromatic N) is 3. The summed E-state index contributed by atoms with van der Waals surface area (Å²) in [5.74, 6) is -1.50. The monoisotopic (exact) mass is 324 g/mol. The third-order valence-corrected chi connectivity index (χ3v) is 4.42. The quantitative estimate of drug-likeness (QED) is 0.866. The molecular formula is C15H15F3N4O. The highest BCUT2D eigenvalue weighted by Gasteiger charge is 2.47. The summed E-state index contributed by atoms with van der Waals surface area (Å²) in [5.41, 5.74) is -0.401. The van der Waals surface area contributed by atoms with Gasteiger partial charge in [-0.3, -0.25) is 10.3 Å².